The van der Waals surface area contributed by atoms with Gasteiger partial charge >= 0.3 is 0 Å². The molecule has 2 saturated heterocycles. The average molecular weight is 421 g/mol. The van der Waals surface area contributed by atoms with Gasteiger partial charge in [0.2, 0.25) is 11.8 Å². The third kappa shape index (κ3) is 4.28. The quantitative estimate of drug-likeness (QED) is 0.798. The molecule has 0 spiro atoms. The van der Waals surface area contributed by atoms with Crippen LogP contribution in [0.25, 0.3) is 0 Å². The smallest absolute Gasteiger partial charge is 0.228 e. The lowest BCUT2D eigenvalue weighted by molar-refractivity contribution is -0.139. The third-order valence-corrected chi connectivity index (χ3v) is 5.69. The Labute approximate surface area is 170 Å². The topological polar surface area (TPSA) is 66.6 Å². The molecule has 5 nitrogen and oxygen atoms in total. The highest BCUT2D eigenvalue weighted by atomic mass is 35.5. The monoisotopic (exact) mass is 419 g/mol. The van der Waals surface area contributed by atoms with Crippen LogP contribution < -0.4 is 10.6 Å². The maximum atomic E-state index is 12.9. The SMILES string of the molecule is CC1(C)CN(C(=O)C2CC(=O)N(c3cc(Cl)cc(Cl)c3)C2)CCC1N.Cl. The first-order chi connectivity index (χ1) is 11.7. The fourth-order valence-electron chi connectivity index (χ4n) is 3.64. The van der Waals surface area contributed by atoms with Crippen LogP contribution in [0.1, 0.15) is 26.7 Å². The molecule has 144 valence electrons. The van der Waals surface area contributed by atoms with Crippen molar-refractivity contribution in [2.24, 2.45) is 17.1 Å². The molecule has 0 aliphatic carbocycles. The van der Waals surface area contributed by atoms with Gasteiger partial charge in [-0.1, -0.05) is 37.0 Å². The van der Waals surface area contributed by atoms with E-state index in [9.17, 15) is 9.59 Å². The van der Waals surface area contributed by atoms with Crippen molar-refractivity contribution in [2.45, 2.75) is 32.7 Å². The molecule has 0 saturated carbocycles. The zero-order valence-electron chi connectivity index (χ0n) is 14.9. The highest BCUT2D eigenvalue weighted by Crippen LogP contribution is 2.33. The predicted octanol–water partition coefficient (Wildman–Crippen LogP) is 3.35. The zero-order chi connectivity index (χ0) is 18.4. The molecular formula is C18H24Cl3N3O2. The number of benzene rings is 1. The van der Waals surface area contributed by atoms with E-state index >= 15 is 0 Å². The van der Waals surface area contributed by atoms with E-state index in [0.29, 0.717) is 35.4 Å². The van der Waals surface area contributed by atoms with E-state index in [-0.39, 0.29) is 48.0 Å². The van der Waals surface area contributed by atoms with Gasteiger partial charge in [0.25, 0.3) is 0 Å². The summed E-state index contributed by atoms with van der Waals surface area (Å²) in [5.74, 6) is -0.385. The fourth-order valence-corrected chi connectivity index (χ4v) is 4.15. The number of carbonyl (C=O) groups excluding carboxylic acids is 2. The molecule has 1 aromatic rings. The minimum Gasteiger partial charge on any atom is -0.342 e. The van der Waals surface area contributed by atoms with Gasteiger partial charge in [-0.25, -0.2) is 0 Å². The summed E-state index contributed by atoms with van der Waals surface area (Å²) in [6, 6.07) is 5.10. The number of nitrogens with zero attached hydrogens (tertiary/aromatic N) is 2. The van der Waals surface area contributed by atoms with Gasteiger partial charge in [-0.15, -0.1) is 12.4 Å². The Morgan fingerprint density at radius 2 is 1.85 bits per heavy atom. The van der Waals surface area contributed by atoms with Gasteiger partial charge in [0.1, 0.15) is 0 Å². The highest BCUT2D eigenvalue weighted by Gasteiger charge is 2.41. The van der Waals surface area contributed by atoms with E-state index in [1.165, 1.54) is 0 Å². The molecule has 8 heteroatoms. The van der Waals surface area contributed by atoms with Crippen molar-refractivity contribution in [3.8, 4) is 0 Å². The summed E-state index contributed by atoms with van der Waals surface area (Å²) in [5.41, 5.74) is 6.67. The van der Waals surface area contributed by atoms with E-state index < -0.39 is 0 Å². The number of hydrogen-bond acceptors (Lipinski definition) is 3. The van der Waals surface area contributed by atoms with Crippen LogP contribution >= 0.6 is 35.6 Å². The Hall–Kier alpha value is -1.01. The summed E-state index contributed by atoms with van der Waals surface area (Å²) in [5, 5.41) is 0.939. The van der Waals surface area contributed by atoms with E-state index in [1.807, 2.05) is 4.90 Å². The van der Waals surface area contributed by atoms with Gasteiger partial charge in [-0.2, -0.15) is 0 Å². The zero-order valence-corrected chi connectivity index (χ0v) is 17.2. The summed E-state index contributed by atoms with van der Waals surface area (Å²) in [6.45, 7) is 5.80. The number of hydrogen-bond donors (Lipinski definition) is 1. The molecular weight excluding hydrogens is 397 g/mol. The minimum absolute atomic E-state index is 0. The van der Waals surface area contributed by atoms with Gasteiger partial charge in [-0.05, 0) is 30.0 Å². The highest BCUT2D eigenvalue weighted by molar-refractivity contribution is 6.35. The van der Waals surface area contributed by atoms with Crippen LogP contribution in [0.5, 0.6) is 0 Å². The van der Waals surface area contributed by atoms with Gasteiger partial charge in [0.15, 0.2) is 0 Å². The number of halogens is 3. The van der Waals surface area contributed by atoms with Crippen molar-refractivity contribution in [3.05, 3.63) is 28.2 Å². The van der Waals surface area contributed by atoms with Crippen molar-refractivity contribution in [1.82, 2.24) is 4.90 Å². The number of piperidine rings is 1. The molecule has 0 aromatic heterocycles. The van der Waals surface area contributed by atoms with Crippen molar-refractivity contribution in [2.75, 3.05) is 24.5 Å². The summed E-state index contributed by atoms with van der Waals surface area (Å²) in [4.78, 5) is 28.8. The molecule has 2 aliphatic heterocycles. The standard InChI is InChI=1S/C18H23Cl2N3O2.ClH/c1-18(2)10-22(4-3-15(18)21)17(25)11-5-16(24)23(9-11)14-7-12(19)6-13(20)8-14;/h6-8,11,15H,3-5,9-10,21H2,1-2H3;1H. The number of anilines is 1. The van der Waals surface area contributed by atoms with Gasteiger partial charge in [0, 0.05) is 47.8 Å². The molecule has 2 heterocycles. The molecule has 2 aliphatic rings. The second-order valence-electron chi connectivity index (χ2n) is 7.68. The maximum absolute atomic E-state index is 12.9. The van der Waals surface area contributed by atoms with Gasteiger partial charge < -0.3 is 15.5 Å². The van der Waals surface area contributed by atoms with Crippen LogP contribution in [-0.4, -0.2) is 42.4 Å². The van der Waals surface area contributed by atoms with E-state index in [1.54, 1.807) is 23.1 Å². The molecule has 3 rings (SSSR count). The fraction of sp³-hybridized carbons (Fsp3) is 0.556. The first-order valence-electron chi connectivity index (χ1n) is 8.48. The van der Waals surface area contributed by atoms with Gasteiger partial charge in [0.05, 0.1) is 5.92 Å². The second-order valence-corrected chi connectivity index (χ2v) is 8.55. The summed E-state index contributed by atoms with van der Waals surface area (Å²) in [7, 11) is 0. The molecule has 2 unspecified atom stereocenters. The lowest BCUT2D eigenvalue weighted by atomic mass is 9.79. The first-order valence-corrected chi connectivity index (χ1v) is 9.24. The minimum atomic E-state index is -0.338. The van der Waals surface area contributed by atoms with Crippen molar-refractivity contribution in [3.63, 3.8) is 0 Å². The Morgan fingerprint density at radius 3 is 2.42 bits per heavy atom. The molecule has 2 N–H and O–H groups in total. The Balaban J connectivity index is 0.00000243. The third-order valence-electron chi connectivity index (χ3n) is 5.26. The Kier molecular flexibility index (Phi) is 6.49. The van der Waals surface area contributed by atoms with Crippen molar-refractivity contribution >= 4 is 53.1 Å². The van der Waals surface area contributed by atoms with Crippen molar-refractivity contribution < 1.29 is 9.59 Å². The Bertz CT molecular complexity index is 691. The molecule has 2 fully saturated rings. The number of nitrogens with two attached hydrogens (primary N) is 1. The largest absolute Gasteiger partial charge is 0.342 e. The predicted molar refractivity (Wildman–Crippen MR) is 107 cm³/mol. The molecule has 0 bridgehead atoms. The number of carbonyl (C=O) groups is 2. The van der Waals surface area contributed by atoms with Gasteiger partial charge in [-0.3, -0.25) is 9.59 Å². The number of amides is 2. The average Bonchev–Trinajstić information content (AvgIpc) is 2.90. The van der Waals surface area contributed by atoms with Crippen LogP contribution in [0.15, 0.2) is 18.2 Å². The Morgan fingerprint density at radius 1 is 1.23 bits per heavy atom. The van der Waals surface area contributed by atoms with E-state index in [2.05, 4.69) is 13.8 Å². The van der Waals surface area contributed by atoms with E-state index in [0.717, 1.165) is 6.42 Å². The summed E-state index contributed by atoms with van der Waals surface area (Å²) >= 11 is 12.1. The van der Waals surface area contributed by atoms with Crippen molar-refractivity contribution in [1.29, 1.82) is 0 Å². The summed E-state index contributed by atoms with van der Waals surface area (Å²) < 4.78 is 0. The number of rotatable bonds is 2. The molecule has 0 radical (unpaired) electrons. The second kappa shape index (κ2) is 7.93. The summed E-state index contributed by atoms with van der Waals surface area (Å²) in [6.07, 6.45) is 0.999. The molecule has 26 heavy (non-hydrogen) atoms. The van der Waals surface area contributed by atoms with Crippen LogP contribution in [0.3, 0.4) is 0 Å². The van der Waals surface area contributed by atoms with Crippen LogP contribution in [0.4, 0.5) is 5.69 Å². The molecule has 2 amide bonds. The van der Waals surface area contributed by atoms with Crippen LogP contribution in [0, 0.1) is 11.3 Å². The lowest BCUT2D eigenvalue weighted by Gasteiger charge is -2.43. The maximum Gasteiger partial charge on any atom is 0.228 e. The normalized spacial score (nSPS) is 25.2. The van der Waals surface area contributed by atoms with E-state index in [4.69, 9.17) is 28.9 Å². The molecule has 1 aromatic carbocycles. The first kappa shape index (κ1) is 21.3. The van der Waals surface area contributed by atoms with Crippen LogP contribution in [0.2, 0.25) is 10.0 Å². The van der Waals surface area contributed by atoms with Crippen LogP contribution in [-0.2, 0) is 9.59 Å². The lowest BCUT2D eigenvalue weighted by Crippen LogP contribution is -2.55. The molecule has 2 atom stereocenters. The number of likely N-dealkylation sites (tertiary alicyclic amines) is 1.